The Morgan fingerprint density at radius 1 is 1.04 bits per heavy atom. The molecule has 3 aromatic rings. The summed E-state index contributed by atoms with van der Waals surface area (Å²) in [4.78, 5) is 16.5. The third-order valence-corrected chi connectivity index (χ3v) is 5.21. The number of aromatic nitrogens is 1. The SMILES string of the molecule is O=C(c1ccc2[nH]ccc2c1)N(Cc1ccc(Cl)cc1)N1CCCCC1. The van der Waals surface area contributed by atoms with Gasteiger partial charge in [-0.05, 0) is 54.8 Å². The quantitative estimate of drug-likeness (QED) is 0.714. The van der Waals surface area contributed by atoms with Crippen LogP contribution in [-0.2, 0) is 6.54 Å². The van der Waals surface area contributed by atoms with Crippen LogP contribution in [0.5, 0.6) is 0 Å². The third kappa shape index (κ3) is 3.62. The number of hydrogen-bond donors (Lipinski definition) is 1. The topological polar surface area (TPSA) is 39.3 Å². The first-order valence-electron chi connectivity index (χ1n) is 9.09. The molecule has 4 rings (SSSR count). The number of halogens is 1. The Labute approximate surface area is 158 Å². The number of nitrogens with zero attached hydrogens (tertiary/aromatic N) is 2. The van der Waals surface area contributed by atoms with Gasteiger partial charge < -0.3 is 4.98 Å². The second kappa shape index (κ2) is 7.52. The summed E-state index contributed by atoms with van der Waals surface area (Å²) in [6.07, 6.45) is 5.38. The number of hydrogen-bond acceptors (Lipinski definition) is 2. The molecule has 1 aromatic heterocycles. The fourth-order valence-corrected chi connectivity index (χ4v) is 3.64. The number of aromatic amines is 1. The summed E-state index contributed by atoms with van der Waals surface area (Å²) in [5.41, 5.74) is 2.84. The number of benzene rings is 2. The number of fused-ring (bicyclic) bond motifs is 1. The smallest absolute Gasteiger partial charge is 0.268 e. The molecule has 2 aromatic carbocycles. The molecule has 0 bridgehead atoms. The Morgan fingerprint density at radius 3 is 2.58 bits per heavy atom. The van der Waals surface area contributed by atoms with E-state index in [1.54, 1.807) is 0 Å². The van der Waals surface area contributed by atoms with Crippen LogP contribution in [0.2, 0.25) is 5.02 Å². The molecule has 1 amide bonds. The van der Waals surface area contributed by atoms with Crippen molar-refractivity contribution in [3.63, 3.8) is 0 Å². The summed E-state index contributed by atoms with van der Waals surface area (Å²) in [6, 6.07) is 15.6. The van der Waals surface area contributed by atoms with Crippen LogP contribution in [0.4, 0.5) is 0 Å². The van der Waals surface area contributed by atoms with Crippen LogP contribution in [0.15, 0.2) is 54.7 Å². The lowest BCUT2D eigenvalue weighted by Crippen LogP contribution is -2.48. The molecule has 1 aliphatic rings. The van der Waals surface area contributed by atoms with E-state index in [1.807, 2.05) is 59.7 Å². The minimum Gasteiger partial charge on any atom is -0.361 e. The first kappa shape index (κ1) is 17.1. The van der Waals surface area contributed by atoms with Crippen molar-refractivity contribution in [3.8, 4) is 0 Å². The average Bonchev–Trinajstić information content (AvgIpc) is 3.15. The van der Waals surface area contributed by atoms with Crippen molar-refractivity contribution in [1.29, 1.82) is 0 Å². The van der Waals surface area contributed by atoms with E-state index in [1.165, 1.54) is 6.42 Å². The van der Waals surface area contributed by atoms with Gasteiger partial charge in [-0.25, -0.2) is 5.01 Å². The number of piperidine rings is 1. The Kier molecular flexibility index (Phi) is 4.96. The molecule has 4 nitrogen and oxygen atoms in total. The van der Waals surface area contributed by atoms with Crippen LogP contribution in [0.3, 0.4) is 0 Å². The highest BCUT2D eigenvalue weighted by atomic mass is 35.5. The predicted molar refractivity (Wildman–Crippen MR) is 105 cm³/mol. The van der Waals surface area contributed by atoms with Gasteiger partial charge in [-0.15, -0.1) is 0 Å². The van der Waals surface area contributed by atoms with Crippen LogP contribution >= 0.6 is 11.6 Å². The summed E-state index contributed by atoms with van der Waals surface area (Å²) in [7, 11) is 0. The molecule has 134 valence electrons. The van der Waals surface area contributed by atoms with E-state index < -0.39 is 0 Å². The molecule has 0 radical (unpaired) electrons. The number of amides is 1. The maximum absolute atomic E-state index is 13.3. The molecular weight excluding hydrogens is 346 g/mol. The van der Waals surface area contributed by atoms with Gasteiger partial charge in [-0.2, -0.15) is 0 Å². The molecule has 1 N–H and O–H groups in total. The van der Waals surface area contributed by atoms with Crippen molar-refractivity contribution in [2.45, 2.75) is 25.8 Å². The van der Waals surface area contributed by atoms with Gasteiger partial charge in [0.05, 0.1) is 6.54 Å². The van der Waals surface area contributed by atoms with Gasteiger partial charge in [0.25, 0.3) is 5.91 Å². The molecule has 2 heterocycles. The second-order valence-electron chi connectivity index (χ2n) is 6.78. The van der Waals surface area contributed by atoms with E-state index in [-0.39, 0.29) is 5.91 Å². The van der Waals surface area contributed by atoms with Gasteiger partial charge in [-0.3, -0.25) is 9.80 Å². The lowest BCUT2D eigenvalue weighted by atomic mass is 10.1. The zero-order valence-corrected chi connectivity index (χ0v) is 15.4. The van der Waals surface area contributed by atoms with Gasteiger partial charge in [0.1, 0.15) is 0 Å². The normalized spacial score (nSPS) is 15.3. The van der Waals surface area contributed by atoms with Crippen molar-refractivity contribution in [1.82, 2.24) is 15.0 Å². The first-order chi connectivity index (χ1) is 12.7. The van der Waals surface area contributed by atoms with Gasteiger partial charge in [0.15, 0.2) is 0 Å². The summed E-state index contributed by atoms with van der Waals surface area (Å²) < 4.78 is 0. The molecule has 1 saturated heterocycles. The Balaban J connectivity index is 1.63. The minimum atomic E-state index is 0.0463. The summed E-state index contributed by atoms with van der Waals surface area (Å²) in [6.45, 7) is 2.40. The molecule has 0 aliphatic carbocycles. The molecule has 1 fully saturated rings. The zero-order chi connectivity index (χ0) is 17.9. The first-order valence-corrected chi connectivity index (χ1v) is 9.47. The molecule has 1 aliphatic heterocycles. The summed E-state index contributed by atoms with van der Waals surface area (Å²) in [5.74, 6) is 0.0463. The van der Waals surface area contributed by atoms with E-state index in [4.69, 9.17) is 11.6 Å². The Morgan fingerprint density at radius 2 is 1.81 bits per heavy atom. The predicted octanol–water partition coefficient (Wildman–Crippen LogP) is 4.86. The standard InChI is InChI=1S/C21H22ClN3O/c22-19-7-4-16(5-8-19)15-25(24-12-2-1-3-13-24)21(26)18-6-9-20-17(14-18)10-11-23-20/h4-11,14,23H,1-3,12-13,15H2. The molecule has 0 spiro atoms. The van der Waals surface area contributed by atoms with Gasteiger partial charge in [0, 0.05) is 40.8 Å². The van der Waals surface area contributed by atoms with Crippen LogP contribution in [0.1, 0.15) is 35.2 Å². The second-order valence-corrected chi connectivity index (χ2v) is 7.22. The number of hydrazine groups is 1. The van der Waals surface area contributed by atoms with Crippen molar-refractivity contribution in [2.24, 2.45) is 0 Å². The van der Waals surface area contributed by atoms with Crippen molar-refractivity contribution in [2.75, 3.05) is 13.1 Å². The zero-order valence-electron chi connectivity index (χ0n) is 14.6. The van der Waals surface area contributed by atoms with E-state index in [9.17, 15) is 4.79 Å². The highest BCUT2D eigenvalue weighted by Gasteiger charge is 2.24. The Hall–Kier alpha value is -2.30. The lowest BCUT2D eigenvalue weighted by molar-refractivity contribution is -0.0267. The number of rotatable bonds is 4. The van der Waals surface area contributed by atoms with Crippen molar-refractivity contribution in [3.05, 3.63) is 70.9 Å². The molecule has 0 atom stereocenters. The molecule has 0 saturated carbocycles. The van der Waals surface area contributed by atoms with E-state index in [0.717, 1.165) is 48.0 Å². The van der Waals surface area contributed by atoms with Crippen molar-refractivity contribution >= 4 is 28.4 Å². The van der Waals surface area contributed by atoms with Gasteiger partial charge >= 0.3 is 0 Å². The maximum atomic E-state index is 13.3. The molecule has 26 heavy (non-hydrogen) atoms. The largest absolute Gasteiger partial charge is 0.361 e. The highest BCUT2D eigenvalue weighted by molar-refractivity contribution is 6.30. The fourth-order valence-electron chi connectivity index (χ4n) is 3.52. The number of carbonyl (C=O) groups is 1. The number of H-pyrrole nitrogens is 1. The Bertz CT molecular complexity index is 897. The number of nitrogens with one attached hydrogen (secondary N) is 1. The third-order valence-electron chi connectivity index (χ3n) is 4.95. The fraction of sp³-hybridized carbons (Fsp3) is 0.286. The lowest BCUT2D eigenvalue weighted by Gasteiger charge is -2.37. The van der Waals surface area contributed by atoms with E-state index >= 15 is 0 Å². The minimum absolute atomic E-state index is 0.0463. The van der Waals surface area contributed by atoms with E-state index in [2.05, 4.69) is 9.99 Å². The van der Waals surface area contributed by atoms with Crippen LogP contribution in [0, 0.1) is 0 Å². The molecular formula is C21H22ClN3O. The monoisotopic (exact) mass is 367 g/mol. The van der Waals surface area contributed by atoms with Crippen LogP contribution in [-0.4, -0.2) is 34.0 Å². The molecule has 0 unspecified atom stereocenters. The summed E-state index contributed by atoms with van der Waals surface area (Å²) >= 11 is 6.01. The highest BCUT2D eigenvalue weighted by Crippen LogP contribution is 2.21. The van der Waals surface area contributed by atoms with Gasteiger partial charge in [0.2, 0.25) is 0 Å². The van der Waals surface area contributed by atoms with Crippen molar-refractivity contribution < 1.29 is 4.79 Å². The number of carbonyl (C=O) groups excluding carboxylic acids is 1. The molecule has 5 heteroatoms. The summed E-state index contributed by atoms with van der Waals surface area (Å²) in [5, 5.41) is 5.86. The van der Waals surface area contributed by atoms with E-state index in [0.29, 0.717) is 11.6 Å². The van der Waals surface area contributed by atoms with Crippen LogP contribution < -0.4 is 0 Å². The average molecular weight is 368 g/mol. The van der Waals surface area contributed by atoms with Gasteiger partial charge in [-0.1, -0.05) is 30.2 Å². The maximum Gasteiger partial charge on any atom is 0.268 e. The van der Waals surface area contributed by atoms with Crippen LogP contribution in [0.25, 0.3) is 10.9 Å².